The Hall–Kier alpha value is -4.64. The van der Waals surface area contributed by atoms with Crippen LogP contribution in [0.1, 0.15) is 11.1 Å². The Balaban J connectivity index is 1.84. The van der Waals surface area contributed by atoms with Gasteiger partial charge in [0.2, 0.25) is 0 Å². The van der Waals surface area contributed by atoms with Crippen molar-refractivity contribution in [2.45, 2.75) is 22.1 Å². The summed E-state index contributed by atoms with van der Waals surface area (Å²) in [6.07, 6.45) is -9.78. The lowest BCUT2D eigenvalue weighted by atomic mass is 10.0. The SMILES string of the molecule is O=[N+]([O-])c1ccccc1-c1ccc(NS(=O)(=O)c2cccc(C(F)(F)F)c2)c(NS(=O)(=O)c2cccc(C(F)(F)F)c2)c1. The molecular formula is C26H17F6N3O6S2. The lowest BCUT2D eigenvalue weighted by molar-refractivity contribution is -0.384. The number of para-hydroxylation sites is 1. The molecule has 0 saturated heterocycles. The molecule has 0 aliphatic heterocycles. The Labute approximate surface area is 240 Å². The molecule has 0 aliphatic rings. The zero-order valence-corrected chi connectivity index (χ0v) is 22.8. The molecule has 0 fully saturated rings. The number of rotatable bonds is 8. The molecule has 0 unspecified atom stereocenters. The van der Waals surface area contributed by atoms with Crippen molar-refractivity contribution >= 4 is 37.1 Å². The zero-order chi connectivity index (χ0) is 31.8. The number of hydrogen-bond donors (Lipinski definition) is 2. The molecule has 43 heavy (non-hydrogen) atoms. The molecule has 4 aromatic rings. The van der Waals surface area contributed by atoms with Crippen molar-refractivity contribution in [2.24, 2.45) is 0 Å². The summed E-state index contributed by atoms with van der Waals surface area (Å²) < 4.78 is 136. The fourth-order valence-electron chi connectivity index (χ4n) is 3.85. The van der Waals surface area contributed by atoms with Gasteiger partial charge in [-0.1, -0.05) is 30.3 Å². The number of anilines is 2. The number of nitrogens with zero attached hydrogens (tertiary/aromatic N) is 1. The van der Waals surface area contributed by atoms with E-state index in [1.165, 1.54) is 24.3 Å². The number of alkyl halides is 6. The van der Waals surface area contributed by atoms with Crippen LogP contribution in [0.15, 0.2) is 101 Å². The normalized spacial score (nSPS) is 12.5. The second-order valence-electron chi connectivity index (χ2n) is 8.80. The summed E-state index contributed by atoms with van der Waals surface area (Å²) in [4.78, 5) is 9.12. The first-order chi connectivity index (χ1) is 19.9. The molecule has 17 heteroatoms. The number of hydrogen-bond acceptors (Lipinski definition) is 6. The monoisotopic (exact) mass is 645 g/mol. The van der Waals surface area contributed by atoms with E-state index in [9.17, 15) is 53.3 Å². The van der Waals surface area contributed by atoms with Gasteiger partial charge in [0.25, 0.3) is 25.7 Å². The van der Waals surface area contributed by atoms with Gasteiger partial charge in [-0.3, -0.25) is 19.6 Å². The van der Waals surface area contributed by atoms with E-state index < -0.39 is 75.3 Å². The summed E-state index contributed by atoms with van der Waals surface area (Å²) in [5, 5.41) is 11.5. The van der Waals surface area contributed by atoms with E-state index in [0.717, 1.165) is 42.5 Å². The summed E-state index contributed by atoms with van der Waals surface area (Å²) in [6.45, 7) is 0. The third kappa shape index (κ3) is 7.06. The molecule has 0 radical (unpaired) electrons. The molecule has 0 amide bonds. The third-order valence-corrected chi connectivity index (χ3v) is 8.59. The van der Waals surface area contributed by atoms with Crippen LogP contribution >= 0.6 is 0 Å². The highest BCUT2D eigenvalue weighted by Gasteiger charge is 2.33. The maximum atomic E-state index is 13.2. The Bertz CT molecular complexity index is 1930. The smallest absolute Gasteiger partial charge is 0.277 e. The van der Waals surface area contributed by atoms with E-state index in [4.69, 9.17) is 0 Å². The highest BCUT2D eigenvalue weighted by atomic mass is 32.2. The minimum absolute atomic E-state index is 0.00365. The van der Waals surface area contributed by atoms with Crippen LogP contribution in [0, 0.1) is 10.1 Å². The van der Waals surface area contributed by atoms with Gasteiger partial charge in [-0.15, -0.1) is 0 Å². The first-order valence-electron chi connectivity index (χ1n) is 11.7. The van der Waals surface area contributed by atoms with Crippen LogP contribution in [0.5, 0.6) is 0 Å². The highest BCUT2D eigenvalue weighted by Crippen LogP contribution is 2.37. The lowest BCUT2D eigenvalue weighted by Crippen LogP contribution is -2.18. The lowest BCUT2D eigenvalue weighted by Gasteiger charge is -2.17. The molecule has 0 aromatic heterocycles. The predicted octanol–water partition coefficient (Wildman–Crippen LogP) is 6.90. The van der Waals surface area contributed by atoms with E-state index in [0.29, 0.717) is 24.3 Å². The Morgan fingerprint density at radius 3 is 1.58 bits per heavy atom. The molecule has 226 valence electrons. The number of nitro groups is 1. The summed E-state index contributed by atoms with van der Waals surface area (Å²) in [6, 6.07) is 13.7. The first-order valence-corrected chi connectivity index (χ1v) is 14.6. The van der Waals surface area contributed by atoms with E-state index in [1.54, 1.807) is 0 Å². The fourth-order valence-corrected chi connectivity index (χ4v) is 6.09. The van der Waals surface area contributed by atoms with E-state index in [-0.39, 0.29) is 11.1 Å². The Morgan fingerprint density at radius 2 is 1.09 bits per heavy atom. The van der Waals surface area contributed by atoms with Crippen LogP contribution in [0.3, 0.4) is 0 Å². The van der Waals surface area contributed by atoms with Gasteiger partial charge in [0.15, 0.2) is 0 Å². The quantitative estimate of drug-likeness (QED) is 0.122. The van der Waals surface area contributed by atoms with Crippen LogP contribution in [-0.4, -0.2) is 21.8 Å². The van der Waals surface area contributed by atoms with Crippen molar-refractivity contribution < 1.29 is 48.1 Å². The van der Waals surface area contributed by atoms with Gasteiger partial charge >= 0.3 is 12.4 Å². The maximum Gasteiger partial charge on any atom is 0.416 e. The molecule has 0 bridgehead atoms. The average Bonchev–Trinajstić information content (AvgIpc) is 2.93. The van der Waals surface area contributed by atoms with Crippen molar-refractivity contribution in [3.8, 4) is 11.1 Å². The highest BCUT2D eigenvalue weighted by molar-refractivity contribution is 7.93. The number of benzene rings is 4. The predicted molar refractivity (Wildman–Crippen MR) is 143 cm³/mol. The van der Waals surface area contributed by atoms with Gasteiger partial charge in [0.05, 0.1) is 42.8 Å². The zero-order valence-electron chi connectivity index (χ0n) is 21.1. The summed E-state index contributed by atoms with van der Waals surface area (Å²) >= 11 is 0. The van der Waals surface area contributed by atoms with Crippen LogP contribution in [0.4, 0.5) is 43.4 Å². The number of nitrogens with one attached hydrogen (secondary N) is 2. The molecule has 4 aromatic carbocycles. The topological polar surface area (TPSA) is 135 Å². The van der Waals surface area contributed by atoms with E-state index >= 15 is 0 Å². The van der Waals surface area contributed by atoms with Crippen molar-refractivity contribution in [1.29, 1.82) is 0 Å². The van der Waals surface area contributed by atoms with Crippen LogP contribution in [0.25, 0.3) is 11.1 Å². The number of halogens is 6. The van der Waals surface area contributed by atoms with Gasteiger partial charge in [0, 0.05) is 6.07 Å². The molecule has 4 rings (SSSR count). The van der Waals surface area contributed by atoms with Gasteiger partial charge in [-0.05, 0) is 60.2 Å². The molecular weight excluding hydrogens is 628 g/mol. The average molecular weight is 646 g/mol. The van der Waals surface area contributed by atoms with E-state index in [2.05, 4.69) is 0 Å². The maximum absolute atomic E-state index is 13.2. The molecule has 0 saturated carbocycles. The van der Waals surface area contributed by atoms with Crippen molar-refractivity contribution in [2.75, 3.05) is 9.44 Å². The molecule has 0 heterocycles. The largest absolute Gasteiger partial charge is 0.416 e. The van der Waals surface area contributed by atoms with Gasteiger partial charge in [0.1, 0.15) is 0 Å². The standard InChI is InChI=1S/C26H17F6N3O6S2/c27-25(28,29)17-5-3-7-19(14-17)42(38,39)33-22-12-11-16(21-9-1-2-10-24(21)35(36)37)13-23(22)34-43(40,41)20-8-4-6-18(15-20)26(30,31)32/h1-15,33-34H. The van der Waals surface area contributed by atoms with Crippen molar-refractivity contribution in [3.63, 3.8) is 0 Å². The number of sulfonamides is 2. The molecule has 0 atom stereocenters. The second kappa shape index (κ2) is 11.2. The van der Waals surface area contributed by atoms with Crippen LogP contribution in [-0.2, 0) is 32.4 Å². The Kier molecular flexibility index (Phi) is 8.16. The Morgan fingerprint density at radius 1 is 0.605 bits per heavy atom. The van der Waals surface area contributed by atoms with Crippen molar-refractivity contribution in [1.82, 2.24) is 0 Å². The first kappa shape index (κ1) is 31.3. The molecule has 0 spiro atoms. The molecule has 9 nitrogen and oxygen atoms in total. The van der Waals surface area contributed by atoms with Crippen molar-refractivity contribution in [3.05, 3.63) is 112 Å². The minimum Gasteiger partial charge on any atom is -0.277 e. The fraction of sp³-hybridized carbons (Fsp3) is 0.0769. The number of nitro benzene ring substituents is 1. The third-order valence-electron chi connectivity index (χ3n) is 5.86. The summed E-state index contributed by atoms with van der Waals surface area (Å²) in [5.74, 6) is 0. The molecule has 2 N–H and O–H groups in total. The molecule has 0 aliphatic carbocycles. The van der Waals surface area contributed by atoms with Crippen LogP contribution in [0.2, 0.25) is 0 Å². The second-order valence-corrected chi connectivity index (χ2v) is 12.2. The van der Waals surface area contributed by atoms with Gasteiger partial charge in [-0.2, -0.15) is 26.3 Å². The van der Waals surface area contributed by atoms with Gasteiger partial charge in [-0.25, -0.2) is 16.8 Å². The van der Waals surface area contributed by atoms with E-state index in [1.807, 2.05) is 9.44 Å². The summed E-state index contributed by atoms with van der Waals surface area (Å²) in [7, 11) is -9.66. The van der Waals surface area contributed by atoms with Crippen LogP contribution < -0.4 is 9.44 Å². The van der Waals surface area contributed by atoms with Gasteiger partial charge < -0.3 is 0 Å². The minimum atomic E-state index is -4.90. The summed E-state index contributed by atoms with van der Waals surface area (Å²) in [5.41, 5.74) is -4.16.